The Kier molecular flexibility index (Phi) is 3.14. The van der Waals surface area contributed by atoms with Crippen molar-refractivity contribution in [2.75, 3.05) is 4.90 Å². The van der Waals surface area contributed by atoms with Crippen LogP contribution in [0.3, 0.4) is 0 Å². The van der Waals surface area contributed by atoms with Crippen molar-refractivity contribution in [1.29, 1.82) is 0 Å². The van der Waals surface area contributed by atoms with Gasteiger partial charge in [0.2, 0.25) is 0 Å². The van der Waals surface area contributed by atoms with Crippen molar-refractivity contribution in [3.05, 3.63) is 41.2 Å². The predicted octanol–water partition coefficient (Wildman–Crippen LogP) is 3.47. The minimum atomic E-state index is 0.370. The van der Waals surface area contributed by atoms with Gasteiger partial charge in [0.25, 0.3) is 0 Å². The van der Waals surface area contributed by atoms with E-state index in [0.29, 0.717) is 12.1 Å². The molecular weight excluding hydrogens is 208 g/mol. The predicted molar refractivity (Wildman–Crippen MR) is 74.0 cm³/mol. The van der Waals surface area contributed by atoms with Gasteiger partial charge in [0.1, 0.15) is 6.17 Å². The van der Waals surface area contributed by atoms with Gasteiger partial charge in [-0.15, -0.1) is 0 Å². The summed E-state index contributed by atoms with van der Waals surface area (Å²) in [4.78, 5) is 2.36. The van der Waals surface area contributed by atoms with Gasteiger partial charge in [0, 0.05) is 18.1 Å². The molecule has 2 nitrogen and oxygen atoms in total. The largest absolute Gasteiger partial charge is 0.369 e. The summed E-state index contributed by atoms with van der Waals surface area (Å²) in [6.45, 7) is 11.1. The first-order valence-corrected chi connectivity index (χ1v) is 6.30. The van der Waals surface area contributed by atoms with E-state index in [9.17, 15) is 0 Å². The van der Waals surface area contributed by atoms with Crippen molar-refractivity contribution in [3.8, 4) is 0 Å². The van der Waals surface area contributed by atoms with Gasteiger partial charge >= 0.3 is 0 Å². The molecule has 0 radical (unpaired) electrons. The Morgan fingerprint density at radius 2 is 1.76 bits per heavy atom. The fourth-order valence-electron chi connectivity index (χ4n) is 2.46. The van der Waals surface area contributed by atoms with Gasteiger partial charge in [0.05, 0.1) is 0 Å². The first kappa shape index (κ1) is 12.0. The third-order valence-electron chi connectivity index (χ3n) is 3.60. The van der Waals surface area contributed by atoms with Crippen molar-refractivity contribution in [2.24, 2.45) is 5.92 Å². The number of nitrogens with zero attached hydrogens (tertiary/aromatic N) is 1. The van der Waals surface area contributed by atoms with Gasteiger partial charge in [-0.05, 0) is 43.4 Å². The van der Waals surface area contributed by atoms with Crippen LogP contribution >= 0.6 is 0 Å². The molecule has 0 fully saturated rings. The summed E-state index contributed by atoms with van der Waals surface area (Å²) < 4.78 is 0. The highest BCUT2D eigenvalue weighted by Gasteiger charge is 2.25. The molecule has 1 N–H and O–H groups in total. The summed E-state index contributed by atoms with van der Waals surface area (Å²) >= 11 is 0. The topological polar surface area (TPSA) is 15.3 Å². The molecule has 0 aliphatic carbocycles. The Bertz CT molecular complexity index is 446. The molecule has 1 aliphatic rings. The van der Waals surface area contributed by atoms with Gasteiger partial charge in [-0.25, -0.2) is 0 Å². The monoisotopic (exact) mass is 230 g/mol. The van der Waals surface area contributed by atoms with Gasteiger partial charge in [-0.1, -0.05) is 26.0 Å². The molecule has 0 aromatic heterocycles. The zero-order valence-electron chi connectivity index (χ0n) is 11.4. The summed E-state index contributed by atoms with van der Waals surface area (Å²) in [7, 11) is 0. The van der Waals surface area contributed by atoms with Gasteiger partial charge in [0.15, 0.2) is 0 Å². The van der Waals surface area contributed by atoms with Gasteiger partial charge in [-0.3, -0.25) is 0 Å². The van der Waals surface area contributed by atoms with Crippen LogP contribution in [0, 0.1) is 26.7 Å². The lowest BCUT2D eigenvalue weighted by molar-refractivity contribution is 0.463. The van der Waals surface area contributed by atoms with Crippen molar-refractivity contribution < 1.29 is 0 Å². The van der Waals surface area contributed by atoms with E-state index in [1.54, 1.807) is 0 Å². The second kappa shape index (κ2) is 4.44. The van der Waals surface area contributed by atoms with Crippen molar-refractivity contribution in [2.45, 2.75) is 40.8 Å². The van der Waals surface area contributed by atoms with Crippen LogP contribution in [0.4, 0.5) is 5.69 Å². The number of aryl methyl sites for hydroxylation is 2. The number of benzene rings is 1. The third-order valence-corrected chi connectivity index (χ3v) is 3.60. The van der Waals surface area contributed by atoms with E-state index in [1.807, 2.05) is 6.20 Å². The Morgan fingerprint density at radius 1 is 1.12 bits per heavy atom. The maximum absolute atomic E-state index is 3.42. The second-order valence-corrected chi connectivity index (χ2v) is 5.25. The van der Waals surface area contributed by atoms with Crippen LogP contribution in [0.5, 0.6) is 0 Å². The van der Waals surface area contributed by atoms with Crippen LogP contribution in [0.2, 0.25) is 0 Å². The minimum absolute atomic E-state index is 0.370. The lowest BCUT2D eigenvalue weighted by atomic mass is 10.0. The van der Waals surface area contributed by atoms with Crippen molar-refractivity contribution in [1.82, 2.24) is 5.32 Å². The molecule has 0 saturated heterocycles. The zero-order chi connectivity index (χ0) is 12.6. The average molecular weight is 230 g/mol. The smallest absolute Gasteiger partial charge is 0.105 e. The van der Waals surface area contributed by atoms with Gasteiger partial charge in [-0.2, -0.15) is 0 Å². The van der Waals surface area contributed by atoms with Crippen LogP contribution in [-0.4, -0.2) is 6.17 Å². The molecule has 0 amide bonds. The van der Waals surface area contributed by atoms with Crippen LogP contribution in [0.25, 0.3) is 0 Å². The van der Waals surface area contributed by atoms with Crippen molar-refractivity contribution in [3.63, 3.8) is 0 Å². The molecule has 0 bridgehead atoms. The highest BCUT2D eigenvalue weighted by molar-refractivity contribution is 5.64. The Balaban J connectivity index is 2.46. The Morgan fingerprint density at radius 3 is 2.41 bits per heavy atom. The fraction of sp³-hybridized carbons (Fsp3) is 0.467. The van der Waals surface area contributed by atoms with E-state index < -0.39 is 0 Å². The van der Waals surface area contributed by atoms with E-state index in [1.165, 1.54) is 22.4 Å². The molecule has 1 atom stereocenters. The number of anilines is 1. The van der Waals surface area contributed by atoms with Crippen LogP contribution < -0.4 is 10.2 Å². The fourth-order valence-corrected chi connectivity index (χ4v) is 2.46. The third kappa shape index (κ3) is 2.04. The molecule has 2 heteroatoms. The molecule has 1 heterocycles. The van der Waals surface area contributed by atoms with E-state index >= 15 is 0 Å². The molecule has 0 saturated carbocycles. The molecule has 1 unspecified atom stereocenters. The Hall–Kier alpha value is -1.44. The summed E-state index contributed by atoms with van der Waals surface area (Å²) in [6, 6.07) is 4.41. The molecule has 1 aliphatic heterocycles. The second-order valence-electron chi connectivity index (χ2n) is 5.25. The molecular formula is C15H22N2. The van der Waals surface area contributed by atoms with Gasteiger partial charge < -0.3 is 10.2 Å². The number of hydrogen-bond donors (Lipinski definition) is 1. The molecule has 1 aromatic carbocycles. The molecule has 17 heavy (non-hydrogen) atoms. The lowest BCUT2D eigenvalue weighted by Gasteiger charge is -2.31. The normalized spacial score (nSPS) is 18.9. The summed E-state index contributed by atoms with van der Waals surface area (Å²) in [5.74, 6) is 0.573. The Labute approximate surface area is 104 Å². The van der Waals surface area contributed by atoms with E-state index in [-0.39, 0.29) is 0 Å². The molecule has 2 rings (SSSR count). The zero-order valence-corrected chi connectivity index (χ0v) is 11.4. The first-order valence-electron chi connectivity index (χ1n) is 6.30. The summed E-state index contributed by atoms with van der Waals surface area (Å²) in [5.41, 5.74) is 5.43. The van der Waals surface area contributed by atoms with Crippen molar-refractivity contribution >= 4 is 5.69 Å². The summed E-state index contributed by atoms with van der Waals surface area (Å²) in [6.07, 6.45) is 4.57. The number of nitrogens with one attached hydrogen (secondary N) is 1. The summed E-state index contributed by atoms with van der Waals surface area (Å²) in [5, 5.41) is 3.42. The van der Waals surface area contributed by atoms with Crippen LogP contribution in [-0.2, 0) is 0 Å². The number of rotatable bonds is 2. The van der Waals surface area contributed by atoms with E-state index in [0.717, 1.165) is 0 Å². The van der Waals surface area contributed by atoms with E-state index in [4.69, 9.17) is 0 Å². The molecule has 0 spiro atoms. The quantitative estimate of drug-likeness (QED) is 0.837. The lowest BCUT2D eigenvalue weighted by Crippen LogP contribution is -2.40. The SMILES string of the molecule is Cc1ccc(C)c(N2C=CNC2C(C)C)c1C. The maximum atomic E-state index is 3.42. The molecule has 1 aromatic rings. The number of hydrogen-bond acceptors (Lipinski definition) is 2. The van der Waals surface area contributed by atoms with Crippen LogP contribution in [0.1, 0.15) is 30.5 Å². The maximum Gasteiger partial charge on any atom is 0.105 e. The highest BCUT2D eigenvalue weighted by Crippen LogP contribution is 2.31. The van der Waals surface area contributed by atoms with Crippen LogP contribution in [0.15, 0.2) is 24.5 Å². The highest BCUT2D eigenvalue weighted by atomic mass is 15.3. The molecule has 92 valence electrons. The van der Waals surface area contributed by atoms with E-state index in [2.05, 4.69) is 63.2 Å². The first-order chi connectivity index (χ1) is 8.02. The average Bonchev–Trinajstić information content (AvgIpc) is 2.73. The minimum Gasteiger partial charge on any atom is -0.369 e. The standard InChI is InChI=1S/C15H22N2/c1-10(2)15-16-8-9-17(15)14-12(4)7-6-11(3)13(14)5/h6-10,15-16H,1-5H3.